The highest BCUT2D eigenvalue weighted by Crippen LogP contribution is 2.35. The summed E-state index contributed by atoms with van der Waals surface area (Å²) in [4.78, 5) is 23.8. The normalized spacial score (nSPS) is 15.3. The first kappa shape index (κ1) is 21.6. The van der Waals surface area contributed by atoms with E-state index in [1.807, 2.05) is 0 Å². The summed E-state index contributed by atoms with van der Waals surface area (Å²) in [5.74, 6) is 0.0386. The standard InChI is InChI=1S/C21H25N3O5S/c1-12-8-16(9-13(2)19(12)22-14(3)25)30(27,28)24-15-6-7-18-17(10-15)23-20(26)21(4,5)11-29-18/h6-10,24H,11H2,1-5H3,(H,22,25)(H,23,26). The zero-order valence-electron chi connectivity index (χ0n) is 17.5. The van der Waals surface area contributed by atoms with Gasteiger partial charge in [-0.05, 0) is 69.2 Å². The Morgan fingerprint density at radius 2 is 1.77 bits per heavy atom. The number of aryl methyl sites for hydroxylation is 2. The van der Waals surface area contributed by atoms with E-state index in [0.717, 1.165) is 0 Å². The molecule has 8 nitrogen and oxygen atoms in total. The molecule has 9 heteroatoms. The molecule has 2 amide bonds. The molecule has 1 aliphatic rings. The van der Waals surface area contributed by atoms with Gasteiger partial charge >= 0.3 is 0 Å². The van der Waals surface area contributed by atoms with E-state index in [4.69, 9.17) is 4.74 Å². The van der Waals surface area contributed by atoms with Gasteiger partial charge in [-0.2, -0.15) is 0 Å². The number of sulfonamides is 1. The van der Waals surface area contributed by atoms with Crippen molar-refractivity contribution in [3.05, 3.63) is 41.5 Å². The van der Waals surface area contributed by atoms with Crippen LogP contribution in [0, 0.1) is 19.3 Å². The number of anilines is 3. The molecule has 0 radical (unpaired) electrons. The van der Waals surface area contributed by atoms with Crippen LogP contribution in [0.15, 0.2) is 35.2 Å². The van der Waals surface area contributed by atoms with Crippen molar-refractivity contribution in [2.24, 2.45) is 5.41 Å². The minimum Gasteiger partial charge on any atom is -0.490 e. The Labute approximate surface area is 176 Å². The lowest BCUT2D eigenvalue weighted by molar-refractivity contribution is -0.125. The van der Waals surface area contributed by atoms with Crippen LogP contribution in [0.4, 0.5) is 17.1 Å². The molecule has 1 aliphatic heterocycles. The highest BCUT2D eigenvalue weighted by Gasteiger charge is 2.32. The molecule has 3 N–H and O–H groups in total. The molecule has 30 heavy (non-hydrogen) atoms. The second kappa shape index (κ2) is 7.64. The molecular weight excluding hydrogens is 406 g/mol. The minimum absolute atomic E-state index is 0.0722. The van der Waals surface area contributed by atoms with E-state index in [9.17, 15) is 18.0 Å². The first-order valence-corrected chi connectivity index (χ1v) is 10.9. The van der Waals surface area contributed by atoms with Crippen molar-refractivity contribution in [3.63, 3.8) is 0 Å². The number of hydrogen-bond donors (Lipinski definition) is 3. The fraction of sp³-hybridized carbons (Fsp3) is 0.333. The Kier molecular flexibility index (Phi) is 5.51. The fourth-order valence-corrected chi connectivity index (χ4v) is 4.32. The van der Waals surface area contributed by atoms with Gasteiger partial charge in [0.2, 0.25) is 11.8 Å². The van der Waals surface area contributed by atoms with Crippen molar-refractivity contribution in [2.75, 3.05) is 22.0 Å². The Hall–Kier alpha value is -3.07. The highest BCUT2D eigenvalue weighted by molar-refractivity contribution is 7.92. The first-order chi connectivity index (χ1) is 13.9. The third-order valence-electron chi connectivity index (χ3n) is 4.80. The summed E-state index contributed by atoms with van der Waals surface area (Å²) >= 11 is 0. The zero-order valence-corrected chi connectivity index (χ0v) is 18.4. The molecule has 2 aromatic rings. The van der Waals surface area contributed by atoms with Crippen LogP contribution in [0.1, 0.15) is 31.9 Å². The topological polar surface area (TPSA) is 114 Å². The number of carbonyl (C=O) groups is 2. The zero-order chi connectivity index (χ0) is 22.3. The maximum atomic E-state index is 12.9. The average Bonchev–Trinajstić information content (AvgIpc) is 2.73. The van der Waals surface area contributed by atoms with Gasteiger partial charge in [0.05, 0.1) is 21.7 Å². The Morgan fingerprint density at radius 3 is 2.37 bits per heavy atom. The molecule has 0 aliphatic carbocycles. The van der Waals surface area contributed by atoms with E-state index in [1.54, 1.807) is 39.8 Å². The van der Waals surface area contributed by atoms with E-state index in [-0.39, 0.29) is 23.3 Å². The van der Waals surface area contributed by atoms with Crippen LogP contribution in [-0.2, 0) is 19.6 Å². The third-order valence-corrected chi connectivity index (χ3v) is 6.16. The van der Waals surface area contributed by atoms with Crippen molar-refractivity contribution in [2.45, 2.75) is 39.5 Å². The average molecular weight is 432 g/mol. The van der Waals surface area contributed by atoms with Gasteiger partial charge in [0.15, 0.2) is 0 Å². The number of nitrogens with one attached hydrogen (secondary N) is 3. The quantitative estimate of drug-likeness (QED) is 0.686. The van der Waals surface area contributed by atoms with Crippen molar-refractivity contribution >= 4 is 38.9 Å². The number of ether oxygens (including phenoxy) is 1. The predicted molar refractivity (Wildman–Crippen MR) is 115 cm³/mol. The van der Waals surface area contributed by atoms with Gasteiger partial charge < -0.3 is 15.4 Å². The van der Waals surface area contributed by atoms with E-state index >= 15 is 0 Å². The lowest BCUT2D eigenvalue weighted by Gasteiger charge is -2.18. The van der Waals surface area contributed by atoms with Gasteiger partial charge in [0.1, 0.15) is 12.4 Å². The number of hydrogen-bond acceptors (Lipinski definition) is 5. The molecule has 2 aromatic carbocycles. The summed E-state index contributed by atoms with van der Waals surface area (Å²) in [6, 6.07) is 7.71. The maximum Gasteiger partial charge on any atom is 0.261 e. The van der Waals surface area contributed by atoms with E-state index < -0.39 is 15.4 Å². The molecule has 1 heterocycles. The minimum atomic E-state index is -3.89. The van der Waals surface area contributed by atoms with Crippen LogP contribution >= 0.6 is 0 Å². The second-order valence-electron chi connectivity index (χ2n) is 8.06. The molecule has 0 bridgehead atoms. The van der Waals surface area contributed by atoms with Gasteiger partial charge in [-0.1, -0.05) is 0 Å². The van der Waals surface area contributed by atoms with Gasteiger partial charge in [0, 0.05) is 12.6 Å². The maximum absolute atomic E-state index is 12.9. The number of fused-ring (bicyclic) bond motifs is 1. The summed E-state index contributed by atoms with van der Waals surface area (Å²) in [6.07, 6.45) is 0. The summed E-state index contributed by atoms with van der Waals surface area (Å²) in [6.45, 7) is 8.62. The number of carbonyl (C=O) groups excluding carboxylic acids is 2. The van der Waals surface area contributed by atoms with Gasteiger partial charge in [-0.3, -0.25) is 14.3 Å². The summed E-state index contributed by atoms with van der Waals surface area (Å²) in [5.41, 5.74) is 1.85. The van der Waals surface area contributed by atoms with Gasteiger partial charge in [-0.15, -0.1) is 0 Å². The molecule has 0 atom stereocenters. The molecule has 0 spiro atoms. The lowest BCUT2D eigenvalue weighted by Crippen LogP contribution is -2.33. The Bertz CT molecular complexity index is 1120. The molecule has 0 fully saturated rings. The molecule has 0 saturated heterocycles. The smallest absolute Gasteiger partial charge is 0.261 e. The summed E-state index contributed by atoms with van der Waals surface area (Å²) < 4.78 is 34.1. The van der Waals surface area contributed by atoms with Crippen molar-refractivity contribution in [1.29, 1.82) is 0 Å². The third kappa shape index (κ3) is 4.40. The number of rotatable bonds is 4. The second-order valence-corrected chi connectivity index (χ2v) is 9.74. The van der Waals surface area contributed by atoms with Gasteiger partial charge in [0.25, 0.3) is 10.0 Å². The molecule has 0 aromatic heterocycles. The van der Waals surface area contributed by atoms with Crippen LogP contribution in [0.3, 0.4) is 0 Å². The summed E-state index contributed by atoms with van der Waals surface area (Å²) in [7, 11) is -3.89. The van der Waals surface area contributed by atoms with E-state index in [0.29, 0.717) is 33.9 Å². The summed E-state index contributed by atoms with van der Waals surface area (Å²) in [5, 5.41) is 5.50. The molecular formula is C21H25N3O5S. The van der Waals surface area contributed by atoms with Crippen LogP contribution in [0.2, 0.25) is 0 Å². The van der Waals surface area contributed by atoms with E-state index in [2.05, 4.69) is 15.4 Å². The lowest BCUT2D eigenvalue weighted by atomic mass is 9.94. The monoisotopic (exact) mass is 431 g/mol. The van der Waals surface area contributed by atoms with Crippen molar-refractivity contribution < 1.29 is 22.7 Å². The largest absolute Gasteiger partial charge is 0.490 e. The predicted octanol–water partition coefficient (Wildman–Crippen LogP) is 3.42. The Morgan fingerprint density at radius 1 is 1.13 bits per heavy atom. The van der Waals surface area contributed by atoms with Crippen LogP contribution in [0.5, 0.6) is 5.75 Å². The van der Waals surface area contributed by atoms with Crippen molar-refractivity contribution in [1.82, 2.24) is 0 Å². The molecule has 3 rings (SSSR count). The molecule has 0 unspecified atom stereocenters. The van der Waals surface area contributed by atoms with Crippen LogP contribution < -0.4 is 20.1 Å². The molecule has 160 valence electrons. The highest BCUT2D eigenvalue weighted by atomic mass is 32.2. The molecule has 0 saturated carbocycles. The number of benzene rings is 2. The van der Waals surface area contributed by atoms with E-state index in [1.165, 1.54) is 25.1 Å². The number of amides is 2. The first-order valence-electron chi connectivity index (χ1n) is 9.39. The van der Waals surface area contributed by atoms with Crippen molar-refractivity contribution in [3.8, 4) is 5.75 Å². The fourth-order valence-electron chi connectivity index (χ4n) is 3.10. The Balaban J connectivity index is 1.90. The van der Waals surface area contributed by atoms with Crippen LogP contribution in [0.25, 0.3) is 0 Å². The SMILES string of the molecule is CC(=O)Nc1c(C)cc(S(=O)(=O)Nc2ccc3c(c2)NC(=O)C(C)(C)CO3)cc1C. The van der Waals surface area contributed by atoms with Crippen LogP contribution in [-0.4, -0.2) is 26.8 Å². The van der Waals surface area contributed by atoms with Gasteiger partial charge in [-0.25, -0.2) is 8.42 Å².